The number of nitrogens with one attached hydrogen (secondary N) is 1. The lowest BCUT2D eigenvalue weighted by molar-refractivity contribution is -0.201. The van der Waals surface area contributed by atoms with Crippen molar-refractivity contribution in [3.05, 3.63) is 29.8 Å². The van der Waals surface area contributed by atoms with Crippen LogP contribution in [0.25, 0.3) is 0 Å². The minimum absolute atomic E-state index is 0.129. The number of hydrogen-bond donors (Lipinski definition) is 1. The lowest BCUT2D eigenvalue weighted by Gasteiger charge is -2.08. The second-order valence-electron chi connectivity index (χ2n) is 7.48. The van der Waals surface area contributed by atoms with Crippen LogP contribution in [0, 0.1) is 0 Å². The fourth-order valence-corrected chi connectivity index (χ4v) is 2.94. The van der Waals surface area contributed by atoms with E-state index in [0.717, 1.165) is 17.7 Å². The number of rotatable bonds is 16. The summed E-state index contributed by atoms with van der Waals surface area (Å²) in [6.07, 6.45) is 5.29. The van der Waals surface area contributed by atoms with E-state index in [1.54, 1.807) is 0 Å². The first-order chi connectivity index (χ1) is 14.8. The van der Waals surface area contributed by atoms with Crippen molar-refractivity contribution >= 4 is 11.9 Å². The Labute approximate surface area is 182 Å². The van der Waals surface area contributed by atoms with Gasteiger partial charge in [0.1, 0.15) is 5.75 Å². The van der Waals surface area contributed by atoms with Crippen molar-refractivity contribution in [1.82, 2.24) is 5.32 Å². The van der Waals surface area contributed by atoms with Gasteiger partial charge in [0.25, 0.3) is 0 Å². The standard InChI is InChI=1S/C23H34F3NO4/c1-2-3-4-5-6-7-8-9-18-30-20-12-10-19(11-13-20)14-16-27-17-15-21(28)31-22(29)23(24,25)26/h10-13,27H,2-9,14-18H2,1H3. The molecule has 0 unspecified atom stereocenters. The molecule has 1 N–H and O–H groups in total. The molecule has 0 aromatic heterocycles. The van der Waals surface area contributed by atoms with Crippen LogP contribution >= 0.6 is 0 Å². The van der Waals surface area contributed by atoms with E-state index in [1.165, 1.54) is 44.9 Å². The molecule has 0 aliphatic carbocycles. The summed E-state index contributed by atoms with van der Waals surface area (Å²) in [7, 11) is 0. The fourth-order valence-electron chi connectivity index (χ4n) is 2.94. The molecule has 31 heavy (non-hydrogen) atoms. The van der Waals surface area contributed by atoms with E-state index in [1.807, 2.05) is 24.3 Å². The van der Waals surface area contributed by atoms with Crippen LogP contribution in [0.3, 0.4) is 0 Å². The summed E-state index contributed by atoms with van der Waals surface area (Å²) in [5.74, 6) is -2.85. The van der Waals surface area contributed by atoms with Gasteiger partial charge in [-0.3, -0.25) is 4.79 Å². The van der Waals surface area contributed by atoms with Gasteiger partial charge in [-0.1, -0.05) is 64.0 Å². The van der Waals surface area contributed by atoms with Crippen LogP contribution in [0.1, 0.15) is 70.3 Å². The number of halogens is 3. The van der Waals surface area contributed by atoms with Crippen molar-refractivity contribution in [2.45, 2.75) is 77.3 Å². The molecule has 1 rings (SSSR count). The van der Waals surface area contributed by atoms with Gasteiger partial charge in [-0.05, 0) is 37.1 Å². The summed E-state index contributed by atoms with van der Waals surface area (Å²) in [6.45, 7) is 3.60. The van der Waals surface area contributed by atoms with Gasteiger partial charge in [0.15, 0.2) is 0 Å². The first-order valence-corrected chi connectivity index (χ1v) is 11.1. The lowest BCUT2D eigenvalue weighted by Crippen LogP contribution is -2.29. The van der Waals surface area contributed by atoms with Crippen LogP contribution in [0.4, 0.5) is 13.2 Å². The Morgan fingerprint density at radius 3 is 2.13 bits per heavy atom. The first kappa shape index (κ1) is 26.9. The van der Waals surface area contributed by atoms with Gasteiger partial charge in [-0.25, -0.2) is 4.79 Å². The third-order valence-electron chi connectivity index (χ3n) is 4.72. The highest BCUT2D eigenvalue weighted by molar-refractivity contribution is 5.88. The zero-order valence-corrected chi connectivity index (χ0v) is 18.3. The van der Waals surface area contributed by atoms with E-state index < -0.39 is 18.1 Å². The Bertz CT molecular complexity index is 633. The van der Waals surface area contributed by atoms with E-state index in [-0.39, 0.29) is 13.0 Å². The Hall–Kier alpha value is -2.09. The molecule has 0 aliphatic heterocycles. The molecule has 0 saturated heterocycles. The molecule has 0 heterocycles. The molecular weight excluding hydrogens is 411 g/mol. The topological polar surface area (TPSA) is 64.6 Å². The highest BCUT2D eigenvalue weighted by atomic mass is 19.4. The van der Waals surface area contributed by atoms with Crippen LogP contribution < -0.4 is 10.1 Å². The van der Waals surface area contributed by atoms with Crippen LogP contribution in [0.2, 0.25) is 0 Å². The van der Waals surface area contributed by atoms with Gasteiger partial charge < -0.3 is 14.8 Å². The van der Waals surface area contributed by atoms with Crippen molar-refractivity contribution in [3.8, 4) is 5.75 Å². The molecule has 1 aromatic carbocycles. The van der Waals surface area contributed by atoms with Crippen molar-refractivity contribution < 1.29 is 32.2 Å². The molecule has 0 fully saturated rings. The largest absolute Gasteiger partial charge is 0.494 e. The second-order valence-corrected chi connectivity index (χ2v) is 7.48. The Kier molecular flexibility index (Phi) is 13.6. The van der Waals surface area contributed by atoms with Crippen LogP contribution in [0.15, 0.2) is 24.3 Å². The van der Waals surface area contributed by atoms with Crippen LogP contribution in [0.5, 0.6) is 5.75 Å². The number of carbonyl (C=O) groups is 2. The van der Waals surface area contributed by atoms with Gasteiger partial charge in [0.2, 0.25) is 0 Å². The Morgan fingerprint density at radius 2 is 1.52 bits per heavy atom. The van der Waals surface area contributed by atoms with E-state index in [2.05, 4.69) is 17.0 Å². The molecule has 0 saturated carbocycles. The molecule has 0 radical (unpaired) electrons. The number of benzene rings is 1. The molecule has 1 aromatic rings. The lowest BCUT2D eigenvalue weighted by atomic mass is 10.1. The molecule has 8 heteroatoms. The van der Waals surface area contributed by atoms with Crippen molar-refractivity contribution in [3.63, 3.8) is 0 Å². The molecule has 176 valence electrons. The Morgan fingerprint density at radius 1 is 0.903 bits per heavy atom. The van der Waals surface area contributed by atoms with Gasteiger partial charge in [0, 0.05) is 6.54 Å². The summed E-state index contributed by atoms with van der Waals surface area (Å²) in [5, 5.41) is 2.94. The van der Waals surface area contributed by atoms with Gasteiger partial charge in [-0.2, -0.15) is 13.2 Å². The molecule has 5 nitrogen and oxygen atoms in total. The average Bonchev–Trinajstić information content (AvgIpc) is 2.72. The summed E-state index contributed by atoms with van der Waals surface area (Å²) >= 11 is 0. The number of carbonyl (C=O) groups excluding carboxylic acids is 2. The zero-order chi connectivity index (χ0) is 23.0. The number of esters is 2. The van der Waals surface area contributed by atoms with Crippen LogP contribution in [-0.2, 0) is 20.7 Å². The molecule has 0 aliphatic rings. The molecule has 0 bridgehead atoms. The maximum atomic E-state index is 12.0. The third kappa shape index (κ3) is 13.8. The van der Waals surface area contributed by atoms with Gasteiger partial charge in [-0.15, -0.1) is 0 Å². The van der Waals surface area contributed by atoms with Gasteiger partial charge in [0.05, 0.1) is 13.0 Å². The number of ether oxygens (including phenoxy) is 2. The monoisotopic (exact) mass is 445 g/mol. The van der Waals surface area contributed by atoms with E-state index in [9.17, 15) is 22.8 Å². The molecular formula is C23H34F3NO4. The van der Waals surface area contributed by atoms with Gasteiger partial charge >= 0.3 is 18.1 Å². The first-order valence-electron chi connectivity index (χ1n) is 11.1. The third-order valence-corrected chi connectivity index (χ3v) is 4.72. The zero-order valence-electron chi connectivity index (χ0n) is 18.3. The van der Waals surface area contributed by atoms with Crippen LogP contribution in [-0.4, -0.2) is 37.8 Å². The number of unbranched alkanes of at least 4 members (excludes halogenated alkanes) is 7. The highest BCUT2D eigenvalue weighted by Crippen LogP contribution is 2.17. The minimum atomic E-state index is -5.16. The highest BCUT2D eigenvalue weighted by Gasteiger charge is 2.42. The summed E-state index contributed by atoms with van der Waals surface area (Å²) < 4.78 is 45.4. The minimum Gasteiger partial charge on any atom is -0.494 e. The summed E-state index contributed by atoms with van der Waals surface area (Å²) in [4.78, 5) is 21.7. The molecule has 0 spiro atoms. The summed E-state index contributed by atoms with van der Waals surface area (Å²) in [6, 6.07) is 7.75. The van der Waals surface area contributed by atoms with E-state index >= 15 is 0 Å². The maximum Gasteiger partial charge on any atom is 0.491 e. The maximum absolute atomic E-state index is 12.0. The second kappa shape index (κ2) is 15.7. The Balaban J connectivity index is 2.07. The fraction of sp³-hybridized carbons (Fsp3) is 0.652. The number of hydrogen-bond acceptors (Lipinski definition) is 5. The van der Waals surface area contributed by atoms with Crippen molar-refractivity contribution in [1.29, 1.82) is 0 Å². The summed E-state index contributed by atoms with van der Waals surface area (Å²) in [5.41, 5.74) is 1.07. The quantitative estimate of drug-likeness (QED) is 0.211. The van der Waals surface area contributed by atoms with Crippen molar-refractivity contribution in [2.75, 3.05) is 19.7 Å². The number of alkyl halides is 3. The average molecular weight is 446 g/mol. The SMILES string of the molecule is CCCCCCCCCCOc1ccc(CCNCCC(=O)OC(=O)C(F)(F)F)cc1. The predicted molar refractivity (Wildman–Crippen MR) is 113 cm³/mol. The van der Waals surface area contributed by atoms with E-state index in [4.69, 9.17) is 4.74 Å². The van der Waals surface area contributed by atoms with E-state index in [0.29, 0.717) is 19.6 Å². The molecule has 0 amide bonds. The predicted octanol–water partition coefficient (Wildman–Crippen LogP) is 5.36. The normalized spacial score (nSPS) is 11.4. The smallest absolute Gasteiger partial charge is 0.491 e. The van der Waals surface area contributed by atoms with Crippen molar-refractivity contribution in [2.24, 2.45) is 0 Å². The molecule has 0 atom stereocenters.